The van der Waals surface area contributed by atoms with E-state index in [0.29, 0.717) is 5.12 Å². The Labute approximate surface area is 138 Å². The maximum Gasteiger partial charge on any atom is 0.188 e. The van der Waals surface area contributed by atoms with Crippen molar-refractivity contribution in [3.05, 3.63) is 0 Å². The van der Waals surface area contributed by atoms with Gasteiger partial charge in [0.1, 0.15) is 0 Å². The molecule has 126 valence electrons. The second kappa shape index (κ2) is 18.1. The first-order valence-electron chi connectivity index (χ1n) is 9.38. The monoisotopic (exact) mass is 314 g/mol. The Morgan fingerprint density at radius 1 is 0.619 bits per heavy atom. The van der Waals surface area contributed by atoms with Crippen LogP contribution < -0.4 is 0 Å². The Morgan fingerprint density at radius 3 is 1.29 bits per heavy atom. The van der Waals surface area contributed by atoms with Crippen LogP contribution in [0.25, 0.3) is 0 Å². The minimum Gasteiger partial charge on any atom is -0.287 e. The minimum atomic E-state index is 0.352. The molecule has 0 aliphatic heterocycles. The summed E-state index contributed by atoms with van der Waals surface area (Å²) < 4.78 is 0. The van der Waals surface area contributed by atoms with Crippen LogP contribution in [0.5, 0.6) is 0 Å². The molecule has 0 aromatic rings. The molecule has 0 aliphatic carbocycles. The maximum atomic E-state index is 11.1. The van der Waals surface area contributed by atoms with E-state index in [0.717, 1.165) is 12.8 Å². The highest BCUT2D eigenvalue weighted by molar-refractivity contribution is 8.13. The first-order valence-corrected chi connectivity index (χ1v) is 10.6. The molecule has 1 nitrogen and oxygen atoms in total. The van der Waals surface area contributed by atoms with Crippen molar-refractivity contribution in [2.24, 2.45) is 0 Å². The van der Waals surface area contributed by atoms with Crippen LogP contribution in [-0.4, -0.2) is 11.4 Å². The molecule has 0 unspecified atom stereocenters. The quantitative estimate of drug-likeness (QED) is 0.282. The topological polar surface area (TPSA) is 17.1 Å². The number of unbranched alkanes of at least 4 members (excludes halogenated alkanes) is 14. The van der Waals surface area contributed by atoms with Crippen LogP contribution >= 0.6 is 11.8 Å². The summed E-state index contributed by atoms with van der Waals surface area (Å²) in [4.78, 5) is 11.1. The van der Waals surface area contributed by atoms with Crippen LogP contribution in [0, 0.1) is 0 Å². The molecule has 0 atom stereocenters. The fraction of sp³-hybridized carbons (Fsp3) is 0.947. The van der Waals surface area contributed by atoms with Gasteiger partial charge in [-0.2, -0.15) is 0 Å². The van der Waals surface area contributed by atoms with Crippen molar-refractivity contribution in [3.63, 3.8) is 0 Å². The lowest BCUT2D eigenvalue weighted by Gasteiger charge is -2.03. The van der Waals surface area contributed by atoms with Crippen LogP contribution in [0.15, 0.2) is 0 Å². The smallest absolute Gasteiger partial charge is 0.188 e. The van der Waals surface area contributed by atoms with Gasteiger partial charge in [-0.1, -0.05) is 109 Å². The van der Waals surface area contributed by atoms with Crippen LogP contribution in [-0.2, 0) is 4.79 Å². The molecule has 0 saturated heterocycles. The molecule has 0 saturated carbocycles. The second-order valence-electron chi connectivity index (χ2n) is 6.28. The van der Waals surface area contributed by atoms with Crippen molar-refractivity contribution in [2.45, 2.75) is 110 Å². The van der Waals surface area contributed by atoms with E-state index >= 15 is 0 Å². The van der Waals surface area contributed by atoms with Gasteiger partial charge >= 0.3 is 0 Å². The molecule has 0 spiro atoms. The van der Waals surface area contributed by atoms with E-state index in [2.05, 4.69) is 6.92 Å². The molecule has 2 heteroatoms. The zero-order chi connectivity index (χ0) is 15.6. The number of hydrogen-bond donors (Lipinski definition) is 0. The second-order valence-corrected chi connectivity index (χ2v) is 7.14. The van der Waals surface area contributed by atoms with E-state index < -0.39 is 0 Å². The van der Waals surface area contributed by atoms with Crippen LogP contribution in [0.1, 0.15) is 110 Å². The number of carbonyl (C=O) groups excluding carboxylic acids is 1. The highest BCUT2D eigenvalue weighted by Gasteiger charge is 1.98. The number of thioether (sulfide) groups is 1. The molecule has 0 aromatic heterocycles. The Balaban J connectivity index is 2.98. The lowest BCUT2D eigenvalue weighted by atomic mass is 10.0. The summed E-state index contributed by atoms with van der Waals surface area (Å²) in [6.07, 6.45) is 23.4. The molecule has 0 heterocycles. The molecule has 0 amide bonds. The number of hydrogen-bond acceptors (Lipinski definition) is 2. The number of rotatable bonds is 16. The summed E-state index contributed by atoms with van der Waals surface area (Å²) in [5.74, 6) is 0. The van der Waals surface area contributed by atoms with Gasteiger partial charge in [0.05, 0.1) is 0 Å². The summed E-state index contributed by atoms with van der Waals surface area (Å²) in [7, 11) is 0. The molecule has 0 aromatic carbocycles. The summed E-state index contributed by atoms with van der Waals surface area (Å²) in [5.41, 5.74) is 0. The summed E-state index contributed by atoms with van der Waals surface area (Å²) in [6.45, 7) is 2.28. The maximum absolute atomic E-state index is 11.1. The van der Waals surface area contributed by atoms with Gasteiger partial charge in [-0.3, -0.25) is 4.79 Å². The van der Waals surface area contributed by atoms with Gasteiger partial charge in [-0.25, -0.2) is 0 Å². The average Bonchev–Trinajstić information content (AvgIpc) is 2.50. The molecule has 0 bridgehead atoms. The highest BCUT2D eigenvalue weighted by Crippen LogP contribution is 2.14. The average molecular weight is 315 g/mol. The Morgan fingerprint density at radius 2 is 0.952 bits per heavy atom. The fourth-order valence-corrected chi connectivity index (χ4v) is 3.09. The van der Waals surface area contributed by atoms with Gasteiger partial charge in [-0.15, -0.1) is 0 Å². The van der Waals surface area contributed by atoms with E-state index in [1.807, 2.05) is 6.26 Å². The predicted molar refractivity (Wildman–Crippen MR) is 98.1 cm³/mol. The van der Waals surface area contributed by atoms with Crippen molar-refractivity contribution in [1.82, 2.24) is 0 Å². The van der Waals surface area contributed by atoms with Crippen molar-refractivity contribution >= 4 is 16.9 Å². The first-order chi connectivity index (χ1) is 10.3. The SMILES string of the molecule is CCCCCCCCCCCCCCCCCC(=O)SC. The summed E-state index contributed by atoms with van der Waals surface area (Å²) >= 11 is 1.37. The molecule has 0 fully saturated rings. The van der Waals surface area contributed by atoms with Crippen LogP contribution in [0.2, 0.25) is 0 Å². The van der Waals surface area contributed by atoms with Gasteiger partial charge in [0.25, 0.3) is 0 Å². The molecular formula is C19H38OS. The zero-order valence-corrected chi connectivity index (χ0v) is 15.4. The van der Waals surface area contributed by atoms with Gasteiger partial charge in [0.15, 0.2) is 5.12 Å². The molecule has 0 N–H and O–H groups in total. The standard InChI is InChI=1S/C19H38OS/c1-3-4-5-6-7-8-9-10-11-12-13-14-15-16-17-18-19(20)21-2/h3-18H2,1-2H3. The first kappa shape index (κ1) is 21.0. The highest BCUT2D eigenvalue weighted by atomic mass is 32.2. The van der Waals surface area contributed by atoms with Gasteiger partial charge in [0, 0.05) is 6.42 Å². The zero-order valence-electron chi connectivity index (χ0n) is 14.6. The predicted octanol–water partition coefficient (Wildman–Crippen LogP) is 7.14. The normalized spacial score (nSPS) is 11.0. The Hall–Kier alpha value is 0.0200. The van der Waals surface area contributed by atoms with Crippen LogP contribution in [0.3, 0.4) is 0 Å². The molecular weight excluding hydrogens is 276 g/mol. The molecule has 21 heavy (non-hydrogen) atoms. The Bertz CT molecular complexity index is 216. The van der Waals surface area contributed by atoms with Crippen molar-refractivity contribution in [2.75, 3.05) is 6.26 Å². The molecule has 0 radical (unpaired) electrons. The summed E-state index contributed by atoms with van der Waals surface area (Å²) in [6, 6.07) is 0. The van der Waals surface area contributed by atoms with Gasteiger partial charge < -0.3 is 0 Å². The third kappa shape index (κ3) is 18.0. The van der Waals surface area contributed by atoms with Crippen molar-refractivity contribution in [3.8, 4) is 0 Å². The number of carbonyl (C=O) groups is 1. The minimum absolute atomic E-state index is 0.352. The lowest BCUT2D eigenvalue weighted by Crippen LogP contribution is -1.89. The van der Waals surface area contributed by atoms with E-state index in [4.69, 9.17) is 0 Å². The van der Waals surface area contributed by atoms with Crippen molar-refractivity contribution < 1.29 is 4.79 Å². The third-order valence-electron chi connectivity index (χ3n) is 4.21. The van der Waals surface area contributed by atoms with E-state index in [1.165, 1.54) is 102 Å². The van der Waals surface area contributed by atoms with Gasteiger partial charge in [-0.05, 0) is 12.7 Å². The molecule has 0 rings (SSSR count). The Kier molecular flexibility index (Phi) is 18.1. The van der Waals surface area contributed by atoms with Gasteiger partial charge in [0.2, 0.25) is 0 Å². The fourth-order valence-electron chi connectivity index (χ4n) is 2.74. The largest absolute Gasteiger partial charge is 0.287 e. The van der Waals surface area contributed by atoms with Crippen molar-refractivity contribution in [1.29, 1.82) is 0 Å². The van der Waals surface area contributed by atoms with E-state index in [9.17, 15) is 4.79 Å². The van der Waals surface area contributed by atoms with E-state index in [-0.39, 0.29) is 0 Å². The lowest BCUT2D eigenvalue weighted by molar-refractivity contribution is -0.111. The van der Waals surface area contributed by atoms with Crippen LogP contribution in [0.4, 0.5) is 0 Å². The third-order valence-corrected chi connectivity index (χ3v) is 4.87. The summed E-state index contributed by atoms with van der Waals surface area (Å²) in [5, 5.41) is 0.352. The van der Waals surface area contributed by atoms with E-state index in [1.54, 1.807) is 0 Å². The molecule has 0 aliphatic rings.